The van der Waals surface area contributed by atoms with Gasteiger partial charge in [-0.3, -0.25) is 10.1 Å². The maximum absolute atomic E-state index is 10.9. The molecule has 1 aromatic carbocycles. The third kappa shape index (κ3) is 20.4. The summed E-state index contributed by atoms with van der Waals surface area (Å²) in [5.74, 6) is -0.247. The van der Waals surface area contributed by atoms with Crippen LogP contribution in [-0.4, -0.2) is 10.0 Å². The van der Waals surface area contributed by atoms with E-state index in [-0.39, 0.29) is 11.4 Å². The van der Waals surface area contributed by atoms with Crippen LogP contribution >= 0.6 is 0 Å². The zero-order valence-corrected chi connectivity index (χ0v) is 25.0. The molecule has 0 saturated carbocycles. The van der Waals surface area contributed by atoms with Gasteiger partial charge in [-0.25, -0.2) is 0 Å². The number of phenols is 1. The minimum absolute atomic E-state index is 0.183. The first kappa shape index (κ1) is 34.4. The van der Waals surface area contributed by atoms with Gasteiger partial charge in [0.05, 0.1) is 4.92 Å². The first-order chi connectivity index (χ1) is 18.6. The van der Waals surface area contributed by atoms with Gasteiger partial charge in [-0.15, -0.1) is 0 Å². The second-order valence-electron chi connectivity index (χ2n) is 11.7. The van der Waals surface area contributed by atoms with Crippen LogP contribution in [0.4, 0.5) is 5.69 Å². The summed E-state index contributed by atoms with van der Waals surface area (Å²) in [6.45, 7) is 2.29. The smallest absolute Gasteiger partial charge is 0.310 e. The molecule has 0 heterocycles. The van der Waals surface area contributed by atoms with E-state index in [0.29, 0.717) is 0 Å². The normalized spacial score (nSPS) is 11.3. The van der Waals surface area contributed by atoms with Gasteiger partial charge in [0.1, 0.15) is 0 Å². The third-order valence-electron chi connectivity index (χ3n) is 8.06. The van der Waals surface area contributed by atoms with Gasteiger partial charge in [0.2, 0.25) is 0 Å². The molecule has 0 spiro atoms. The van der Waals surface area contributed by atoms with Crippen molar-refractivity contribution in [2.24, 2.45) is 0 Å². The predicted molar refractivity (Wildman–Crippen MR) is 164 cm³/mol. The van der Waals surface area contributed by atoms with Crippen molar-refractivity contribution in [2.45, 2.75) is 180 Å². The van der Waals surface area contributed by atoms with Gasteiger partial charge < -0.3 is 5.11 Å². The zero-order valence-electron chi connectivity index (χ0n) is 25.0. The summed E-state index contributed by atoms with van der Waals surface area (Å²) in [5.41, 5.74) is 0.760. The molecular weight excluding hydrogens is 470 g/mol. The molecule has 0 aliphatic rings. The fourth-order valence-corrected chi connectivity index (χ4v) is 5.52. The summed E-state index contributed by atoms with van der Waals surface area (Å²) in [7, 11) is 0. The fraction of sp³-hybridized carbons (Fsp3) is 0.824. The van der Waals surface area contributed by atoms with Crippen LogP contribution < -0.4 is 0 Å². The lowest BCUT2D eigenvalue weighted by Crippen LogP contribution is -1.92. The van der Waals surface area contributed by atoms with Crippen LogP contribution in [0.25, 0.3) is 0 Å². The van der Waals surface area contributed by atoms with Crippen molar-refractivity contribution in [2.75, 3.05) is 0 Å². The minimum Gasteiger partial charge on any atom is -0.502 e. The molecule has 0 atom stereocenters. The van der Waals surface area contributed by atoms with Crippen molar-refractivity contribution >= 4 is 5.69 Å². The van der Waals surface area contributed by atoms with Crippen LogP contribution in [-0.2, 0) is 6.42 Å². The van der Waals surface area contributed by atoms with E-state index in [4.69, 9.17) is 0 Å². The molecule has 0 amide bonds. The molecule has 0 aliphatic heterocycles. The van der Waals surface area contributed by atoms with E-state index in [1.807, 2.05) is 0 Å². The van der Waals surface area contributed by atoms with Crippen LogP contribution in [0.5, 0.6) is 5.75 Å². The summed E-state index contributed by atoms with van der Waals surface area (Å²) in [6, 6.07) is 4.74. The van der Waals surface area contributed by atoms with Crippen LogP contribution in [0.1, 0.15) is 179 Å². The molecule has 0 bridgehead atoms. The van der Waals surface area contributed by atoms with E-state index < -0.39 is 4.92 Å². The topological polar surface area (TPSA) is 63.4 Å². The highest BCUT2D eigenvalue weighted by Crippen LogP contribution is 2.27. The quantitative estimate of drug-likeness (QED) is 0.0664. The molecular formula is C34H61NO3. The average molecular weight is 532 g/mol. The first-order valence-electron chi connectivity index (χ1n) is 16.6. The van der Waals surface area contributed by atoms with Crippen molar-refractivity contribution in [1.29, 1.82) is 0 Å². The van der Waals surface area contributed by atoms with Gasteiger partial charge in [-0.1, -0.05) is 174 Å². The number of nitro groups is 1. The molecule has 0 radical (unpaired) electrons. The van der Waals surface area contributed by atoms with Gasteiger partial charge in [-0.05, 0) is 24.5 Å². The Hall–Kier alpha value is -1.58. The third-order valence-corrected chi connectivity index (χ3v) is 8.06. The number of aromatic hydroxyl groups is 1. The van der Waals surface area contributed by atoms with Crippen LogP contribution in [0.2, 0.25) is 0 Å². The Morgan fingerprint density at radius 2 is 0.868 bits per heavy atom. The highest BCUT2D eigenvalue weighted by atomic mass is 16.6. The summed E-state index contributed by atoms with van der Waals surface area (Å²) < 4.78 is 0. The Bertz CT molecular complexity index is 676. The molecule has 220 valence electrons. The van der Waals surface area contributed by atoms with E-state index in [0.717, 1.165) is 18.4 Å². The average Bonchev–Trinajstić information content (AvgIpc) is 2.91. The second-order valence-corrected chi connectivity index (χ2v) is 11.7. The van der Waals surface area contributed by atoms with Crippen LogP contribution in [0.15, 0.2) is 18.2 Å². The van der Waals surface area contributed by atoms with Crippen LogP contribution in [0, 0.1) is 10.1 Å². The standard InChI is InChI=1S/C34H61NO3/c1-2-3-4-5-6-7-8-9-10-11-12-13-14-15-16-17-18-19-20-21-22-23-24-25-26-27-28-32-29-30-34(36)33(31-32)35(37)38/h29-31,36H,2-28H2,1H3. The zero-order chi connectivity index (χ0) is 27.5. The van der Waals surface area contributed by atoms with E-state index in [1.54, 1.807) is 6.07 Å². The van der Waals surface area contributed by atoms with Crippen molar-refractivity contribution in [1.82, 2.24) is 0 Å². The van der Waals surface area contributed by atoms with Crippen molar-refractivity contribution in [3.8, 4) is 5.75 Å². The van der Waals surface area contributed by atoms with Gasteiger partial charge in [-0.2, -0.15) is 0 Å². The maximum atomic E-state index is 10.9. The van der Waals surface area contributed by atoms with Crippen molar-refractivity contribution in [3.63, 3.8) is 0 Å². The molecule has 1 aromatic rings. The molecule has 0 unspecified atom stereocenters. The van der Waals surface area contributed by atoms with E-state index in [1.165, 1.54) is 173 Å². The molecule has 0 aliphatic carbocycles. The van der Waals surface area contributed by atoms with E-state index in [2.05, 4.69) is 6.92 Å². The van der Waals surface area contributed by atoms with Gasteiger partial charge in [0.25, 0.3) is 0 Å². The SMILES string of the molecule is CCCCCCCCCCCCCCCCCCCCCCCCCCCCc1ccc(O)c([N+](=O)[O-])c1. The Morgan fingerprint density at radius 1 is 0.553 bits per heavy atom. The van der Waals surface area contributed by atoms with Gasteiger partial charge in [0.15, 0.2) is 5.75 Å². The number of phenolic OH excluding ortho intramolecular Hbond substituents is 1. The second kappa shape index (κ2) is 25.7. The highest BCUT2D eigenvalue weighted by molar-refractivity contribution is 5.47. The summed E-state index contributed by atoms with van der Waals surface area (Å²) in [4.78, 5) is 10.4. The minimum atomic E-state index is -0.514. The van der Waals surface area contributed by atoms with Gasteiger partial charge >= 0.3 is 5.69 Å². The lowest BCUT2D eigenvalue weighted by molar-refractivity contribution is -0.385. The molecule has 1 rings (SSSR count). The molecule has 4 nitrogen and oxygen atoms in total. The largest absolute Gasteiger partial charge is 0.502 e. The Labute approximate surface area is 235 Å². The molecule has 0 saturated heterocycles. The predicted octanol–water partition coefficient (Wildman–Crippen LogP) is 12.0. The number of nitro benzene ring substituents is 1. The number of hydrogen-bond donors (Lipinski definition) is 1. The molecule has 0 fully saturated rings. The van der Waals surface area contributed by atoms with E-state index in [9.17, 15) is 15.2 Å². The summed E-state index contributed by atoms with van der Waals surface area (Å²) in [6.07, 6.45) is 37.1. The van der Waals surface area contributed by atoms with Crippen LogP contribution in [0.3, 0.4) is 0 Å². The Balaban J connectivity index is 1.73. The molecule has 38 heavy (non-hydrogen) atoms. The Morgan fingerprint density at radius 3 is 1.18 bits per heavy atom. The lowest BCUT2D eigenvalue weighted by atomic mass is 10.0. The number of benzene rings is 1. The van der Waals surface area contributed by atoms with E-state index >= 15 is 0 Å². The Kier molecular flexibility index (Phi) is 23.3. The number of hydrogen-bond acceptors (Lipinski definition) is 3. The lowest BCUT2D eigenvalue weighted by Gasteiger charge is -2.05. The van der Waals surface area contributed by atoms with Gasteiger partial charge in [0, 0.05) is 6.07 Å². The number of nitrogens with zero attached hydrogens (tertiary/aromatic N) is 1. The number of aryl methyl sites for hydroxylation is 1. The summed E-state index contributed by atoms with van der Waals surface area (Å²) >= 11 is 0. The number of unbranched alkanes of at least 4 members (excludes halogenated alkanes) is 25. The fourth-order valence-electron chi connectivity index (χ4n) is 5.52. The first-order valence-corrected chi connectivity index (χ1v) is 16.6. The molecule has 1 N–H and O–H groups in total. The van der Waals surface area contributed by atoms with Crippen molar-refractivity contribution in [3.05, 3.63) is 33.9 Å². The highest BCUT2D eigenvalue weighted by Gasteiger charge is 2.13. The monoisotopic (exact) mass is 531 g/mol. The number of rotatable bonds is 28. The van der Waals surface area contributed by atoms with Crippen molar-refractivity contribution < 1.29 is 10.0 Å². The molecule has 0 aromatic heterocycles. The summed E-state index contributed by atoms with van der Waals surface area (Å²) in [5, 5.41) is 20.4. The molecule has 4 heteroatoms. The maximum Gasteiger partial charge on any atom is 0.310 e.